The highest BCUT2D eigenvalue weighted by Crippen LogP contribution is 2.27. The van der Waals surface area contributed by atoms with Crippen molar-refractivity contribution in [2.75, 3.05) is 0 Å². The minimum Gasteiger partial charge on any atom is -0.478 e. The van der Waals surface area contributed by atoms with E-state index in [9.17, 15) is 9.18 Å². The number of carboxylic acid groups (broad SMARTS) is 1. The van der Waals surface area contributed by atoms with Gasteiger partial charge in [-0.2, -0.15) is 0 Å². The van der Waals surface area contributed by atoms with Crippen LogP contribution in [0.2, 0.25) is 0 Å². The second-order valence-corrected chi connectivity index (χ2v) is 5.16. The summed E-state index contributed by atoms with van der Waals surface area (Å²) in [5.41, 5.74) is 0.0908. The van der Waals surface area contributed by atoms with E-state index in [1.54, 1.807) is 6.20 Å². The topological polar surface area (TPSA) is 50.2 Å². The van der Waals surface area contributed by atoms with Gasteiger partial charge in [-0.15, -0.1) is 23.1 Å². The normalized spacial score (nSPS) is 10.4. The second kappa shape index (κ2) is 5.29. The lowest BCUT2D eigenvalue weighted by Crippen LogP contribution is -1.97. The van der Waals surface area contributed by atoms with E-state index in [0.29, 0.717) is 10.6 Å². The number of carboxylic acids is 1. The maximum Gasteiger partial charge on any atom is 0.335 e. The quantitative estimate of drug-likeness (QED) is 0.865. The molecule has 0 saturated heterocycles. The van der Waals surface area contributed by atoms with E-state index in [-0.39, 0.29) is 5.56 Å². The Morgan fingerprint density at radius 1 is 1.53 bits per heavy atom. The molecule has 0 radical (unpaired) electrons. The number of aromatic nitrogens is 1. The maximum atomic E-state index is 13.4. The molecular formula is C11H8FNO2S2. The third-order valence-corrected chi connectivity index (χ3v) is 4.02. The molecule has 0 spiro atoms. The summed E-state index contributed by atoms with van der Waals surface area (Å²) < 4.78 is 13.4. The minimum absolute atomic E-state index is 0.0908. The number of thiazole rings is 1. The largest absolute Gasteiger partial charge is 0.478 e. The first kappa shape index (κ1) is 12.1. The van der Waals surface area contributed by atoms with Crippen LogP contribution in [0.15, 0.2) is 34.7 Å². The number of thioether (sulfide) groups is 1. The van der Waals surface area contributed by atoms with Gasteiger partial charge in [0.15, 0.2) is 0 Å². The van der Waals surface area contributed by atoms with Crippen molar-refractivity contribution in [1.29, 1.82) is 0 Å². The standard InChI is InChI=1S/C11H8FNO2S2/c12-8-2-1-7(11(14)15)5-9(8)17-6-10-13-3-4-16-10/h1-5H,6H2,(H,14,15). The van der Waals surface area contributed by atoms with Gasteiger partial charge in [0, 0.05) is 16.5 Å². The molecule has 3 nitrogen and oxygen atoms in total. The third kappa shape index (κ3) is 3.04. The van der Waals surface area contributed by atoms with Gasteiger partial charge in [-0.05, 0) is 18.2 Å². The molecule has 0 aliphatic carbocycles. The van der Waals surface area contributed by atoms with Gasteiger partial charge in [0.2, 0.25) is 0 Å². The van der Waals surface area contributed by atoms with Crippen LogP contribution in [0.25, 0.3) is 0 Å². The van der Waals surface area contributed by atoms with Crippen molar-refractivity contribution < 1.29 is 14.3 Å². The summed E-state index contributed by atoms with van der Waals surface area (Å²) in [6, 6.07) is 3.77. The van der Waals surface area contributed by atoms with Crippen LogP contribution in [-0.4, -0.2) is 16.1 Å². The van der Waals surface area contributed by atoms with Crippen LogP contribution in [0.1, 0.15) is 15.4 Å². The molecular weight excluding hydrogens is 261 g/mol. The molecule has 2 aromatic rings. The average Bonchev–Trinajstić information content (AvgIpc) is 2.80. The van der Waals surface area contributed by atoms with Gasteiger partial charge in [0.25, 0.3) is 0 Å². The number of aromatic carboxylic acids is 1. The van der Waals surface area contributed by atoms with Crippen molar-refractivity contribution in [1.82, 2.24) is 4.98 Å². The van der Waals surface area contributed by atoms with E-state index >= 15 is 0 Å². The molecule has 1 N–H and O–H groups in total. The van der Waals surface area contributed by atoms with Gasteiger partial charge in [-0.25, -0.2) is 14.2 Å². The van der Waals surface area contributed by atoms with E-state index in [1.165, 1.54) is 41.3 Å². The third-order valence-electron chi connectivity index (χ3n) is 2.01. The number of halogens is 1. The molecule has 1 aromatic heterocycles. The molecule has 0 amide bonds. The summed E-state index contributed by atoms with van der Waals surface area (Å²) >= 11 is 2.73. The minimum atomic E-state index is -1.05. The van der Waals surface area contributed by atoms with Gasteiger partial charge in [0.1, 0.15) is 10.8 Å². The van der Waals surface area contributed by atoms with Crippen molar-refractivity contribution in [3.05, 3.63) is 46.2 Å². The summed E-state index contributed by atoms with van der Waals surface area (Å²) in [6.45, 7) is 0. The molecule has 0 aliphatic rings. The van der Waals surface area contributed by atoms with Crippen molar-refractivity contribution in [2.45, 2.75) is 10.6 Å². The molecule has 0 saturated carbocycles. The Hall–Kier alpha value is -1.40. The molecule has 6 heteroatoms. The molecule has 0 aliphatic heterocycles. The highest BCUT2D eigenvalue weighted by Gasteiger charge is 2.09. The van der Waals surface area contributed by atoms with Gasteiger partial charge >= 0.3 is 5.97 Å². The Morgan fingerprint density at radius 3 is 3.00 bits per heavy atom. The van der Waals surface area contributed by atoms with Gasteiger partial charge in [-0.1, -0.05) is 0 Å². The first-order valence-corrected chi connectivity index (χ1v) is 6.57. The van der Waals surface area contributed by atoms with E-state index < -0.39 is 11.8 Å². The van der Waals surface area contributed by atoms with Crippen LogP contribution >= 0.6 is 23.1 Å². The predicted molar refractivity (Wildman–Crippen MR) is 65.0 cm³/mol. The Kier molecular flexibility index (Phi) is 3.75. The first-order chi connectivity index (χ1) is 8.16. The summed E-state index contributed by atoms with van der Waals surface area (Å²) in [6.07, 6.45) is 1.69. The molecule has 1 aromatic carbocycles. The Bertz CT molecular complexity index is 528. The van der Waals surface area contributed by atoms with Crippen molar-refractivity contribution in [2.24, 2.45) is 0 Å². The number of hydrogen-bond donors (Lipinski definition) is 1. The molecule has 0 fully saturated rings. The van der Waals surface area contributed by atoms with E-state index in [2.05, 4.69) is 4.98 Å². The lowest BCUT2D eigenvalue weighted by Gasteiger charge is -2.03. The van der Waals surface area contributed by atoms with Gasteiger partial charge in [-0.3, -0.25) is 0 Å². The zero-order chi connectivity index (χ0) is 12.3. The zero-order valence-electron chi connectivity index (χ0n) is 8.59. The SMILES string of the molecule is O=C(O)c1ccc(F)c(SCc2nccs2)c1. The lowest BCUT2D eigenvalue weighted by molar-refractivity contribution is 0.0696. The zero-order valence-corrected chi connectivity index (χ0v) is 10.2. The van der Waals surface area contributed by atoms with Crippen molar-refractivity contribution in [3.8, 4) is 0 Å². The van der Waals surface area contributed by atoms with Gasteiger partial charge in [0.05, 0.1) is 11.3 Å². The molecule has 88 valence electrons. The summed E-state index contributed by atoms with van der Waals surface area (Å²) in [7, 11) is 0. The molecule has 0 unspecified atom stereocenters. The molecule has 2 rings (SSSR count). The van der Waals surface area contributed by atoms with Crippen LogP contribution in [-0.2, 0) is 5.75 Å². The van der Waals surface area contributed by atoms with Crippen LogP contribution in [0.4, 0.5) is 4.39 Å². The average molecular weight is 269 g/mol. The van der Waals surface area contributed by atoms with Crippen molar-refractivity contribution >= 4 is 29.1 Å². The van der Waals surface area contributed by atoms with Crippen LogP contribution in [0.5, 0.6) is 0 Å². The van der Waals surface area contributed by atoms with E-state index in [4.69, 9.17) is 5.11 Å². The first-order valence-electron chi connectivity index (χ1n) is 4.71. The summed E-state index contributed by atoms with van der Waals surface area (Å²) in [5, 5.41) is 11.5. The fraction of sp³-hybridized carbons (Fsp3) is 0.0909. The van der Waals surface area contributed by atoms with E-state index in [1.807, 2.05) is 5.38 Å². The highest BCUT2D eigenvalue weighted by molar-refractivity contribution is 7.98. The number of hydrogen-bond acceptors (Lipinski definition) is 4. The number of rotatable bonds is 4. The predicted octanol–water partition coefficient (Wildman–Crippen LogP) is 3.27. The monoisotopic (exact) mass is 269 g/mol. The Labute approximate surface area is 105 Å². The van der Waals surface area contributed by atoms with Crippen LogP contribution < -0.4 is 0 Å². The maximum absolute atomic E-state index is 13.4. The fourth-order valence-corrected chi connectivity index (χ4v) is 2.83. The number of nitrogens with zero attached hydrogens (tertiary/aromatic N) is 1. The van der Waals surface area contributed by atoms with Crippen LogP contribution in [0, 0.1) is 5.82 Å². The molecule has 0 atom stereocenters. The van der Waals surface area contributed by atoms with Gasteiger partial charge < -0.3 is 5.11 Å². The summed E-state index contributed by atoms with van der Waals surface area (Å²) in [5.74, 6) is -0.921. The van der Waals surface area contributed by atoms with E-state index in [0.717, 1.165) is 5.01 Å². The van der Waals surface area contributed by atoms with Crippen molar-refractivity contribution in [3.63, 3.8) is 0 Å². The second-order valence-electron chi connectivity index (χ2n) is 3.16. The summed E-state index contributed by atoms with van der Waals surface area (Å²) in [4.78, 5) is 15.2. The fourth-order valence-electron chi connectivity index (χ4n) is 1.21. The number of benzene rings is 1. The molecule has 17 heavy (non-hydrogen) atoms. The molecule has 1 heterocycles. The number of carbonyl (C=O) groups is 1. The molecule has 0 bridgehead atoms. The lowest BCUT2D eigenvalue weighted by atomic mass is 10.2. The Balaban J connectivity index is 2.14. The van der Waals surface area contributed by atoms with Crippen LogP contribution in [0.3, 0.4) is 0 Å². The Morgan fingerprint density at radius 2 is 2.35 bits per heavy atom. The highest BCUT2D eigenvalue weighted by atomic mass is 32.2. The smallest absolute Gasteiger partial charge is 0.335 e.